The van der Waals surface area contributed by atoms with Gasteiger partial charge in [-0.05, 0) is 37.5 Å². The van der Waals surface area contributed by atoms with Crippen molar-refractivity contribution in [3.8, 4) is 0 Å². The largest absolute Gasteiger partial charge is 0.330 e. The van der Waals surface area contributed by atoms with Gasteiger partial charge in [-0.15, -0.1) is 0 Å². The van der Waals surface area contributed by atoms with E-state index in [2.05, 4.69) is 34.9 Å². The molecule has 26 heavy (non-hydrogen) atoms. The molecule has 1 aliphatic heterocycles. The van der Waals surface area contributed by atoms with E-state index in [0.29, 0.717) is 11.7 Å². The fraction of sp³-hybridized carbons (Fsp3) is 0.333. The summed E-state index contributed by atoms with van der Waals surface area (Å²) in [4.78, 5) is 26.7. The number of hydrogen-bond acceptors (Lipinski definition) is 2. The van der Waals surface area contributed by atoms with Crippen molar-refractivity contribution in [1.82, 2.24) is 0 Å². The number of nitrogens with one attached hydrogen (secondary N) is 1. The van der Waals surface area contributed by atoms with Crippen LogP contribution in [-0.2, 0) is 16.0 Å². The van der Waals surface area contributed by atoms with Gasteiger partial charge in [-0.25, -0.2) is 0 Å². The van der Waals surface area contributed by atoms with E-state index in [9.17, 15) is 9.59 Å². The second kappa shape index (κ2) is 6.92. The summed E-state index contributed by atoms with van der Waals surface area (Å²) in [6, 6.07) is 16.0. The number of amides is 2. The van der Waals surface area contributed by atoms with Crippen LogP contribution < -0.4 is 15.5 Å². The molecular weight excluding hydrogens is 326 g/mol. The molecule has 2 amide bonds. The number of nitrogens with zero attached hydrogens (tertiary/aromatic N) is 1. The van der Waals surface area contributed by atoms with Crippen molar-refractivity contribution in [3.63, 3.8) is 0 Å². The van der Waals surface area contributed by atoms with Crippen molar-refractivity contribution in [3.05, 3.63) is 59.7 Å². The van der Waals surface area contributed by atoms with Gasteiger partial charge in [0.25, 0.3) is 5.91 Å². The Labute approximate surface area is 153 Å². The highest BCUT2D eigenvalue weighted by molar-refractivity contribution is 6.10. The van der Waals surface area contributed by atoms with Crippen LogP contribution in [-0.4, -0.2) is 24.4 Å². The highest BCUT2D eigenvalue weighted by Gasteiger charge is 2.33. The highest BCUT2D eigenvalue weighted by atomic mass is 16.2. The number of hydrogen-bond donors (Lipinski definition) is 2. The molecule has 5 nitrogen and oxygen atoms in total. The Morgan fingerprint density at radius 2 is 1.96 bits per heavy atom. The Balaban J connectivity index is 1.54. The molecule has 5 heteroatoms. The van der Waals surface area contributed by atoms with Crippen LogP contribution in [0.15, 0.2) is 48.5 Å². The Bertz CT molecular complexity index is 849. The first-order chi connectivity index (χ1) is 12.6. The van der Waals surface area contributed by atoms with E-state index < -0.39 is 0 Å². The number of aryl methyl sites for hydroxylation is 1. The number of quaternary nitrogens is 1. The Morgan fingerprint density at radius 3 is 2.85 bits per heavy atom. The van der Waals surface area contributed by atoms with Crippen LogP contribution in [0.3, 0.4) is 0 Å². The highest BCUT2D eigenvalue weighted by Crippen LogP contribution is 2.30. The summed E-state index contributed by atoms with van der Waals surface area (Å²) in [5.41, 5.74) is 4.21. The van der Waals surface area contributed by atoms with Crippen LogP contribution >= 0.6 is 0 Å². The van der Waals surface area contributed by atoms with Crippen molar-refractivity contribution in [1.29, 1.82) is 0 Å². The van der Waals surface area contributed by atoms with Gasteiger partial charge in [0.2, 0.25) is 5.91 Å². The Hall–Kier alpha value is -2.66. The van der Waals surface area contributed by atoms with Gasteiger partial charge in [0.15, 0.2) is 6.04 Å². The first kappa shape index (κ1) is 16.8. The summed E-state index contributed by atoms with van der Waals surface area (Å²) in [7, 11) is 0. The molecule has 3 N–H and O–H groups in total. The predicted molar refractivity (Wildman–Crippen MR) is 101 cm³/mol. The molecule has 2 atom stereocenters. The summed E-state index contributed by atoms with van der Waals surface area (Å²) < 4.78 is 0. The maximum atomic E-state index is 13.1. The SMILES string of the molecule is C[C@@H]([NH2+][C@H]1CCCc2ccccc21)C(=O)N1CC(=O)Nc2ccccc21. The first-order valence-corrected chi connectivity index (χ1v) is 9.26. The lowest BCUT2D eigenvalue weighted by Gasteiger charge is -2.32. The molecule has 2 aliphatic rings. The van der Waals surface area contributed by atoms with Crippen LogP contribution in [0.25, 0.3) is 0 Å². The fourth-order valence-corrected chi connectivity index (χ4v) is 4.10. The van der Waals surface area contributed by atoms with Gasteiger partial charge in [0.1, 0.15) is 12.6 Å². The normalized spacial score (nSPS) is 20.0. The number of nitrogens with two attached hydrogens (primary N) is 1. The van der Waals surface area contributed by atoms with E-state index in [-0.39, 0.29) is 24.4 Å². The van der Waals surface area contributed by atoms with Crippen molar-refractivity contribution in [2.45, 2.75) is 38.3 Å². The van der Waals surface area contributed by atoms with Gasteiger partial charge in [0, 0.05) is 12.0 Å². The van der Waals surface area contributed by atoms with Gasteiger partial charge >= 0.3 is 0 Å². The van der Waals surface area contributed by atoms with Crippen LogP contribution in [0.2, 0.25) is 0 Å². The van der Waals surface area contributed by atoms with Crippen molar-refractivity contribution < 1.29 is 14.9 Å². The van der Waals surface area contributed by atoms with E-state index in [4.69, 9.17) is 0 Å². The topological polar surface area (TPSA) is 66.0 Å². The lowest BCUT2D eigenvalue weighted by Crippen LogP contribution is -2.93. The van der Waals surface area contributed by atoms with E-state index in [1.54, 1.807) is 4.90 Å². The molecule has 4 rings (SSSR count). The second-order valence-corrected chi connectivity index (χ2v) is 7.17. The van der Waals surface area contributed by atoms with Gasteiger partial charge in [-0.1, -0.05) is 36.4 Å². The average Bonchev–Trinajstić information content (AvgIpc) is 2.67. The zero-order valence-electron chi connectivity index (χ0n) is 14.9. The predicted octanol–water partition coefficient (Wildman–Crippen LogP) is 2.00. The molecule has 0 saturated carbocycles. The number of rotatable bonds is 3. The van der Waals surface area contributed by atoms with Crippen LogP contribution in [0.4, 0.5) is 11.4 Å². The maximum absolute atomic E-state index is 13.1. The molecular formula is C21H24N3O2+. The van der Waals surface area contributed by atoms with E-state index in [1.165, 1.54) is 11.1 Å². The van der Waals surface area contributed by atoms with Crippen LogP contribution in [0.5, 0.6) is 0 Å². The van der Waals surface area contributed by atoms with Crippen LogP contribution in [0, 0.1) is 0 Å². The number of carbonyl (C=O) groups is 2. The quantitative estimate of drug-likeness (QED) is 0.889. The van der Waals surface area contributed by atoms with Gasteiger partial charge in [-0.3, -0.25) is 14.5 Å². The molecule has 1 aliphatic carbocycles. The molecule has 1 heterocycles. The molecule has 2 aromatic rings. The Kier molecular flexibility index (Phi) is 4.47. The minimum atomic E-state index is -0.245. The van der Waals surface area contributed by atoms with Gasteiger partial charge in [0.05, 0.1) is 11.4 Å². The van der Waals surface area contributed by atoms with Crippen molar-refractivity contribution in [2.24, 2.45) is 0 Å². The zero-order chi connectivity index (χ0) is 18.1. The number of fused-ring (bicyclic) bond motifs is 2. The molecule has 0 spiro atoms. The summed E-state index contributed by atoms with van der Waals surface area (Å²) in [6.45, 7) is 2.02. The fourth-order valence-electron chi connectivity index (χ4n) is 4.10. The standard InChI is InChI=1S/C21H23N3O2/c1-14(22-17-11-6-8-15-7-2-3-9-16(15)17)21(26)24-13-20(25)23-18-10-4-5-12-19(18)24/h2-5,7,9-10,12,14,17,22H,6,8,11,13H2,1H3,(H,23,25)/p+1/t14-,17+/m1/s1. The van der Waals surface area contributed by atoms with E-state index in [0.717, 1.165) is 24.9 Å². The van der Waals surface area contributed by atoms with Crippen molar-refractivity contribution >= 4 is 23.2 Å². The van der Waals surface area contributed by atoms with Crippen molar-refractivity contribution in [2.75, 3.05) is 16.8 Å². The zero-order valence-corrected chi connectivity index (χ0v) is 14.9. The number of para-hydroxylation sites is 2. The van der Waals surface area contributed by atoms with Gasteiger partial charge < -0.3 is 10.6 Å². The molecule has 0 saturated heterocycles. The van der Waals surface area contributed by atoms with E-state index >= 15 is 0 Å². The Morgan fingerprint density at radius 1 is 1.19 bits per heavy atom. The maximum Gasteiger partial charge on any atom is 0.285 e. The van der Waals surface area contributed by atoms with Gasteiger partial charge in [-0.2, -0.15) is 0 Å². The lowest BCUT2D eigenvalue weighted by atomic mass is 9.87. The smallest absolute Gasteiger partial charge is 0.285 e. The lowest BCUT2D eigenvalue weighted by molar-refractivity contribution is -0.714. The first-order valence-electron chi connectivity index (χ1n) is 9.26. The second-order valence-electron chi connectivity index (χ2n) is 7.17. The molecule has 0 aromatic heterocycles. The molecule has 0 bridgehead atoms. The molecule has 0 fully saturated rings. The number of benzene rings is 2. The average molecular weight is 350 g/mol. The summed E-state index contributed by atoms with van der Waals surface area (Å²) in [5, 5.41) is 5.00. The molecule has 0 unspecified atom stereocenters. The third-order valence-electron chi connectivity index (χ3n) is 5.36. The van der Waals surface area contributed by atoms with E-state index in [1.807, 2.05) is 31.2 Å². The monoisotopic (exact) mass is 350 g/mol. The number of anilines is 2. The third-order valence-corrected chi connectivity index (χ3v) is 5.36. The molecule has 2 aromatic carbocycles. The summed E-state index contributed by atoms with van der Waals surface area (Å²) in [5.74, 6) is -0.164. The summed E-state index contributed by atoms with van der Waals surface area (Å²) in [6.07, 6.45) is 3.34. The molecule has 134 valence electrons. The number of carbonyl (C=O) groups excluding carboxylic acids is 2. The molecule has 0 radical (unpaired) electrons. The minimum Gasteiger partial charge on any atom is -0.330 e. The minimum absolute atomic E-state index is 0.0182. The van der Waals surface area contributed by atoms with Crippen LogP contribution in [0.1, 0.15) is 36.9 Å². The summed E-state index contributed by atoms with van der Waals surface area (Å²) >= 11 is 0. The third kappa shape index (κ3) is 3.10.